The van der Waals surface area contributed by atoms with Crippen LogP contribution in [0.3, 0.4) is 0 Å². The molecule has 1 radical (unpaired) electrons. The summed E-state index contributed by atoms with van der Waals surface area (Å²) in [6, 6.07) is 7.88. The van der Waals surface area contributed by atoms with Crippen LogP contribution in [0.2, 0.25) is 0 Å². The molecule has 1 aromatic heterocycles. The Hall–Kier alpha value is -1.77. The Morgan fingerprint density at radius 3 is 2.92 bits per heavy atom. The summed E-state index contributed by atoms with van der Waals surface area (Å²) in [5, 5.41) is 0. The van der Waals surface area contributed by atoms with Crippen LogP contribution in [-0.2, 0) is 0 Å². The first-order valence-electron chi connectivity index (χ1n) is 3.80. The average Bonchev–Trinajstić information content (AvgIpc) is 2.19. The van der Waals surface area contributed by atoms with Gasteiger partial charge in [-0.2, -0.15) is 0 Å². The first kappa shape index (κ1) is 7.86. The Kier molecular flexibility index (Phi) is 2.00. The summed E-state index contributed by atoms with van der Waals surface area (Å²) < 4.78 is 12.8. The Balaban J connectivity index is 2.48. The van der Waals surface area contributed by atoms with E-state index in [0.29, 0.717) is 5.69 Å². The number of benzene rings is 1. The second kappa shape index (κ2) is 3.31. The minimum atomic E-state index is -0.267. The van der Waals surface area contributed by atoms with E-state index in [-0.39, 0.29) is 5.82 Å². The first-order valence-corrected chi connectivity index (χ1v) is 3.80. The zero-order valence-electron chi connectivity index (χ0n) is 6.74. The van der Waals surface area contributed by atoms with E-state index >= 15 is 0 Å². The van der Waals surface area contributed by atoms with Crippen LogP contribution in [-0.4, -0.2) is 9.97 Å². The SMILES string of the molecule is Fc1cccc(-c2c[c]ncn2)c1. The molecule has 63 valence electrons. The van der Waals surface area contributed by atoms with Crippen LogP contribution in [0.25, 0.3) is 11.3 Å². The van der Waals surface area contributed by atoms with Gasteiger partial charge in [0.15, 0.2) is 0 Å². The molecule has 1 aromatic carbocycles. The average molecular weight is 173 g/mol. The van der Waals surface area contributed by atoms with E-state index in [1.807, 2.05) is 0 Å². The fourth-order valence-corrected chi connectivity index (χ4v) is 1.07. The summed E-state index contributed by atoms with van der Waals surface area (Å²) in [4.78, 5) is 7.64. The molecule has 0 aliphatic rings. The summed E-state index contributed by atoms with van der Waals surface area (Å²) in [6.45, 7) is 0. The molecule has 2 rings (SSSR count). The van der Waals surface area contributed by atoms with Gasteiger partial charge in [-0.25, -0.2) is 14.4 Å². The Bertz CT molecular complexity index is 401. The van der Waals surface area contributed by atoms with Crippen molar-refractivity contribution in [2.24, 2.45) is 0 Å². The molecule has 0 aliphatic carbocycles. The fourth-order valence-electron chi connectivity index (χ4n) is 1.07. The minimum absolute atomic E-state index is 0.267. The zero-order chi connectivity index (χ0) is 9.10. The predicted molar refractivity (Wildman–Crippen MR) is 46.3 cm³/mol. The van der Waals surface area contributed by atoms with E-state index in [1.54, 1.807) is 18.2 Å². The standard InChI is InChI=1S/C10H6FN2/c11-9-3-1-2-8(6-9)10-4-5-12-7-13-10/h1-4,6-7H. The van der Waals surface area contributed by atoms with Crippen molar-refractivity contribution in [3.05, 3.63) is 48.7 Å². The molecule has 0 spiro atoms. The Morgan fingerprint density at radius 1 is 1.31 bits per heavy atom. The van der Waals surface area contributed by atoms with Crippen LogP contribution in [0, 0.1) is 12.0 Å². The molecule has 0 fully saturated rings. The minimum Gasteiger partial charge on any atom is -0.236 e. The Labute approximate surface area is 75.1 Å². The lowest BCUT2D eigenvalue weighted by Gasteiger charge is -1.98. The van der Waals surface area contributed by atoms with Gasteiger partial charge >= 0.3 is 0 Å². The van der Waals surface area contributed by atoms with Crippen molar-refractivity contribution in [1.29, 1.82) is 0 Å². The van der Waals surface area contributed by atoms with Gasteiger partial charge in [0.1, 0.15) is 12.1 Å². The predicted octanol–water partition coefficient (Wildman–Crippen LogP) is 2.08. The normalized spacial score (nSPS) is 9.92. The molecule has 3 heteroatoms. The van der Waals surface area contributed by atoms with E-state index in [1.165, 1.54) is 18.5 Å². The van der Waals surface area contributed by atoms with E-state index < -0.39 is 0 Å². The second-order valence-corrected chi connectivity index (χ2v) is 2.54. The van der Waals surface area contributed by atoms with Crippen LogP contribution in [0.4, 0.5) is 4.39 Å². The molecule has 0 bridgehead atoms. The molecule has 0 aliphatic heterocycles. The van der Waals surface area contributed by atoms with E-state index in [9.17, 15) is 4.39 Å². The third-order valence-corrected chi connectivity index (χ3v) is 1.65. The Morgan fingerprint density at radius 2 is 2.23 bits per heavy atom. The summed E-state index contributed by atoms with van der Waals surface area (Å²) in [7, 11) is 0. The third kappa shape index (κ3) is 1.69. The molecule has 0 amide bonds. The second-order valence-electron chi connectivity index (χ2n) is 2.54. The van der Waals surface area contributed by atoms with Crippen LogP contribution < -0.4 is 0 Å². The van der Waals surface area contributed by atoms with Crippen LogP contribution >= 0.6 is 0 Å². The van der Waals surface area contributed by atoms with Gasteiger partial charge in [-0.3, -0.25) is 0 Å². The molecular formula is C10H6FN2. The highest BCUT2D eigenvalue weighted by molar-refractivity contribution is 5.57. The summed E-state index contributed by atoms with van der Waals surface area (Å²) in [5.41, 5.74) is 1.41. The first-order chi connectivity index (χ1) is 6.36. The molecule has 0 unspecified atom stereocenters. The molecule has 0 saturated carbocycles. The zero-order valence-corrected chi connectivity index (χ0v) is 6.74. The smallest absolute Gasteiger partial charge is 0.123 e. The van der Waals surface area contributed by atoms with Crippen molar-refractivity contribution in [1.82, 2.24) is 9.97 Å². The van der Waals surface area contributed by atoms with Gasteiger partial charge in [0, 0.05) is 5.56 Å². The van der Waals surface area contributed by atoms with Crippen molar-refractivity contribution in [2.75, 3.05) is 0 Å². The summed E-state index contributed by atoms with van der Waals surface area (Å²) in [6.07, 6.45) is 4.03. The van der Waals surface area contributed by atoms with Gasteiger partial charge in [0.05, 0.1) is 11.9 Å². The number of nitrogens with zero attached hydrogens (tertiary/aromatic N) is 2. The molecule has 0 atom stereocenters. The van der Waals surface area contributed by atoms with E-state index in [0.717, 1.165) is 5.56 Å². The molecule has 1 heterocycles. The van der Waals surface area contributed by atoms with Crippen LogP contribution in [0.1, 0.15) is 0 Å². The van der Waals surface area contributed by atoms with Gasteiger partial charge in [-0.1, -0.05) is 12.1 Å². The van der Waals surface area contributed by atoms with Crippen molar-refractivity contribution < 1.29 is 4.39 Å². The molecule has 13 heavy (non-hydrogen) atoms. The highest BCUT2D eigenvalue weighted by atomic mass is 19.1. The number of hydrogen-bond acceptors (Lipinski definition) is 2. The summed E-state index contributed by atoms with van der Waals surface area (Å²) >= 11 is 0. The number of hydrogen-bond donors (Lipinski definition) is 0. The van der Waals surface area contributed by atoms with Gasteiger partial charge in [-0.15, -0.1) is 0 Å². The quantitative estimate of drug-likeness (QED) is 0.659. The molecule has 0 N–H and O–H groups in total. The topological polar surface area (TPSA) is 25.8 Å². The molecule has 2 nitrogen and oxygen atoms in total. The van der Waals surface area contributed by atoms with E-state index in [4.69, 9.17) is 0 Å². The lowest BCUT2D eigenvalue weighted by atomic mass is 10.1. The van der Waals surface area contributed by atoms with E-state index in [2.05, 4.69) is 16.2 Å². The van der Waals surface area contributed by atoms with Gasteiger partial charge in [0.25, 0.3) is 0 Å². The lowest BCUT2D eigenvalue weighted by Crippen LogP contribution is -1.84. The number of rotatable bonds is 1. The van der Waals surface area contributed by atoms with Gasteiger partial charge in [-0.05, 0) is 18.2 Å². The fraction of sp³-hybridized carbons (Fsp3) is 0. The van der Waals surface area contributed by atoms with Crippen molar-refractivity contribution >= 4 is 0 Å². The number of halogens is 1. The maximum atomic E-state index is 12.8. The van der Waals surface area contributed by atoms with Gasteiger partial charge in [0.2, 0.25) is 0 Å². The van der Waals surface area contributed by atoms with Crippen molar-refractivity contribution in [3.8, 4) is 11.3 Å². The largest absolute Gasteiger partial charge is 0.236 e. The van der Waals surface area contributed by atoms with Crippen LogP contribution in [0.15, 0.2) is 36.7 Å². The molecule has 2 aromatic rings. The van der Waals surface area contributed by atoms with Crippen molar-refractivity contribution in [2.45, 2.75) is 0 Å². The summed E-state index contributed by atoms with van der Waals surface area (Å²) in [5.74, 6) is -0.267. The van der Waals surface area contributed by atoms with Crippen LogP contribution in [0.5, 0.6) is 0 Å². The van der Waals surface area contributed by atoms with Crippen molar-refractivity contribution in [3.63, 3.8) is 0 Å². The molecule has 0 saturated heterocycles. The third-order valence-electron chi connectivity index (χ3n) is 1.65. The lowest BCUT2D eigenvalue weighted by molar-refractivity contribution is 0.628. The maximum Gasteiger partial charge on any atom is 0.123 e. The van der Waals surface area contributed by atoms with Gasteiger partial charge < -0.3 is 0 Å². The molecular weight excluding hydrogens is 167 g/mol. The monoisotopic (exact) mass is 173 g/mol. The highest BCUT2D eigenvalue weighted by Gasteiger charge is 1.98. The maximum absolute atomic E-state index is 12.8. The number of aromatic nitrogens is 2. The highest BCUT2D eigenvalue weighted by Crippen LogP contribution is 2.15.